The second kappa shape index (κ2) is 5.63. The van der Waals surface area contributed by atoms with Crippen LogP contribution in [0, 0.1) is 0 Å². The molecule has 15 heavy (non-hydrogen) atoms. The van der Waals surface area contributed by atoms with Gasteiger partial charge in [0.1, 0.15) is 0 Å². The van der Waals surface area contributed by atoms with Crippen LogP contribution in [0.1, 0.15) is 25.5 Å². The first kappa shape index (κ1) is 11.9. The minimum atomic E-state index is -0.778. The number of ether oxygens (including phenoxy) is 2. The summed E-state index contributed by atoms with van der Waals surface area (Å²) in [5.74, 6) is -0.125. The Balaban J connectivity index is 2.62. The zero-order valence-corrected chi connectivity index (χ0v) is 9.27. The van der Waals surface area contributed by atoms with E-state index in [0.717, 1.165) is 5.56 Å². The van der Waals surface area contributed by atoms with E-state index in [-0.39, 0.29) is 11.9 Å². The third-order valence-corrected chi connectivity index (χ3v) is 2.14. The summed E-state index contributed by atoms with van der Waals surface area (Å²) in [4.78, 5) is 11.1. The Hall–Kier alpha value is -1.19. The van der Waals surface area contributed by atoms with Crippen LogP contribution in [0.25, 0.3) is 0 Å². The van der Waals surface area contributed by atoms with E-state index in [9.17, 15) is 4.79 Å². The standard InChI is InChI=1S/C12H16O3/c1-9(13)12(14-3)15-10(2)11-7-5-4-6-8-11/h4-8,10,12H,1-3H3. The molecular formula is C12H16O3. The summed E-state index contributed by atoms with van der Waals surface area (Å²) in [7, 11) is 1.46. The molecule has 2 unspecified atom stereocenters. The van der Waals surface area contributed by atoms with Crippen molar-refractivity contribution in [1.82, 2.24) is 0 Å². The Bertz CT molecular complexity index is 308. The highest BCUT2D eigenvalue weighted by atomic mass is 16.7. The van der Waals surface area contributed by atoms with Crippen LogP contribution in [0.2, 0.25) is 0 Å². The van der Waals surface area contributed by atoms with Crippen molar-refractivity contribution in [2.75, 3.05) is 7.11 Å². The summed E-state index contributed by atoms with van der Waals surface area (Å²) in [6.07, 6.45) is -0.930. The molecule has 0 fully saturated rings. The number of rotatable bonds is 5. The molecule has 1 aromatic rings. The van der Waals surface area contributed by atoms with Crippen LogP contribution in [0.5, 0.6) is 0 Å². The van der Waals surface area contributed by atoms with Gasteiger partial charge in [0.05, 0.1) is 6.10 Å². The van der Waals surface area contributed by atoms with Crippen molar-refractivity contribution in [2.45, 2.75) is 26.2 Å². The van der Waals surface area contributed by atoms with Gasteiger partial charge in [0, 0.05) is 7.11 Å². The molecule has 3 heteroatoms. The molecule has 2 atom stereocenters. The monoisotopic (exact) mass is 208 g/mol. The molecule has 0 spiro atoms. The fraction of sp³-hybridized carbons (Fsp3) is 0.417. The summed E-state index contributed by atoms with van der Waals surface area (Å²) < 4.78 is 10.4. The van der Waals surface area contributed by atoms with Gasteiger partial charge < -0.3 is 9.47 Å². The average molecular weight is 208 g/mol. The Morgan fingerprint density at radius 2 is 1.87 bits per heavy atom. The first-order chi connectivity index (χ1) is 7.15. The van der Waals surface area contributed by atoms with Gasteiger partial charge in [-0.25, -0.2) is 0 Å². The van der Waals surface area contributed by atoms with Crippen LogP contribution < -0.4 is 0 Å². The van der Waals surface area contributed by atoms with Gasteiger partial charge in [-0.05, 0) is 19.4 Å². The second-order valence-corrected chi connectivity index (χ2v) is 3.37. The lowest BCUT2D eigenvalue weighted by Crippen LogP contribution is -2.25. The first-order valence-electron chi connectivity index (χ1n) is 4.88. The summed E-state index contributed by atoms with van der Waals surface area (Å²) in [5, 5.41) is 0. The average Bonchev–Trinajstić information content (AvgIpc) is 2.26. The molecule has 0 bridgehead atoms. The smallest absolute Gasteiger partial charge is 0.217 e. The van der Waals surface area contributed by atoms with Gasteiger partial charge in [0.25, 0.3) is 0 Å². The molecule has 1 aromatic carbocycles. The minimum Gasteiger partial charge on any atom is -0.349 e. The van der Waals surface area contributed by atoms with Crippen molar-refractivity contribution >= 4 is 5.78 Å². The van der Waals surface area contributed by atoms with Crippen LogP contribution in [0.4, 0.5) is 0 Å². The summed E-state index contributed by atoms with van der Waals surface area (Å²) >= 11 is 0. The third-order valence-electron chi connectivity index (χ3n) is 2.14. The minimum absolute atomic E-state index is 0.125. The molecule has 82 valence electrons. The van der Waals surface area contributed by atoms with Crippen LogP contribution >= 0.6 is 0 Å². The van der Waals surface area contributed by atoms with Gasteiger partial charge in [-0.2, -0.15) is 0 Å². The number of methoxy groups -OCH3 is 1. The van der Waals surface area contributed by atoms with Gasteiger partial charge in [-0.15, -0.1) is 0 Å². The lowest BCUT2D eigenvalue weighted by molar-refractivity contribution is -0.172. The zero-order chi connectivity index (χ0) is 11.3. The largest absolute Gasteiger partial charge is 0.349 e. The molecule has 0 radical (unpaired) electrons. The molecule has 0 aliphatic carbocycles. The first-order valence-corrected chi connectivity index (χ1v) is 4.88. The number of ketones is 1. The van der Waals surface area contributed by atoms with Gasteiger partial charge in [0.2, 0.25) is 6.29 Å². The molecule has 0 aliphatic rings. The maximum Gasteiger partial charge on any atom is 0.217 e. The summed E-state index contributed by atoms with van der Waals surface area (Å²) in [6, 6.07) is 9.72. The van der Waals surface area contributed by atoms with Crippen molar-refractivity contribution in [3.05, 3.63) is 35.9 Å². The van der Waals surface area contributed by atoms with E-state index in [2.05, 4.69) is 0 Å². The molecule has 0 amide bonds. The van der Waals surface area contributed by atoms with Crippen molar-refractivity contribution < 1.29 is 14.3 Å². The topological polar surface area (TPSA) is 35.5 Å². The molecule has 0 heterocycles. The lowest BCUT2D eigenvalue weighted by atomic mass is 10.1. The van der Waals surface area contributed by atoms with Gasteiger partial charge in [-0.1, -0.05) is 30.3 Å². The Morgan fingerprint density at radius 1 is 1.27 bits per heavy atom. The SMILES string of the molecule is COC(OC(C)c1ccccc1)C(C)=O. The van der Waals surface area contributed by atoms with Gasteiger partial charge in [-0.3, -0.25) is 4.79 Å². The molecule has 0 aromatic heterocycles. The van der Waals surface area contributed by atoms with E-state index in [0.29, 0.717) is 0 Å². The highest BCUT2D eigenvalue weighted by Gasteiger charge is 2.17. The van der Waals surface area contributed by atoms with Crippen molar-refractivity contribution in [3.8, 4) is 0 Å². The van der Waals surface area contributed by atoms with E-state index in [1.54, 1.807) is 0 Å². The Labute approximate surface area is 90.0 Å². The maximum absolute atomic E-state index is 11.1. The number of benzene rings is 1. The molecule has 3 nitrogen and oxygen atoms in total. The van der Waals surface area contributed by atoms with Gasteiger partial charge >= 0.3 is 0 Å². The molecular weight excluding hydrogens is 192 g/mol. The number of hydrogen-bond acceptors (Lipinski definition) is 3. The summed E-state index contributed by atoms with van der Waals surface area (Å²) in [6.45, 7) is 3.34. The van der Waals surface area contributed by atoms with E-state index in [4.69, 9.17) is 9.47 Å². The van der Waals surface area contributed by atoms with E-state index in [1.807, 2.05) is 37.3 Å². The Kier molecular flexibility index (Phi) is 4.46. The highest BCUT2D eigenvalue weighted by molar-refractivity contribution is 5.79. The summed E-state index contributed by atoms with van der Waals surface area (Å²) in [5.41, 5.74) is 1.03. The quantitative estimate of drug-likeness (QED) is 0.697. The highest BCUT2D eigenvalue weighted by Crippen LogP contribution is 2.18. The van der Waals surface area contributed by atoms with Crippen molar-refractivity contribution in [1.29, 1.82) is 0 Å². The molecule has 0 N–H and O–H groups in total. The van der Waals surface area contributed by atoms with Crippen LogP contribution in [-0.2, 0) is 14.3 Å². The number of Topliss-reactive ketones (excluding diaryl/α,β-unsaturated/α-hetero) is 1. The predicted octanol–water partition coefficient (Wildman–Crippen LogP) is 2.33. The van der Waals surface area contributed by atoms with E-state index >= 15 is 0 Å². The molecule has 0 saturated carbocycles. The van der Waals surface area contributed by atoms with Crippen molar-refractivity contribution in [2.24, 2.45) is 0 Å². The number of hydrogen-bond donors (Lipinski definition) is 0. The zero-order valence-electron chi connectivity index (χ0n) is 9.27. The van der Waals surface area contributed by atoms with Crippen LogP contribution in [0.3, 0.4) is 0 Å². The van der Waals surface area contributed by atoms with Gasteiger partial charge in [0.15, 0.2) is 5.78 Å². The predicted molar refractivity (Wildman–Crippen MR) is 57.4 cm³/mol. The molecule has 0 saturated heterocycles. The fourth-order valence-corrected chi connectivity index (χ4v) is 1.31. The molecule has 0 aliphatic heterocycles. The van der Waals surface area contributed by atoms with Crippen LogP contribution in [-0.4, -0.2) is 19.2 Å². The number of carbonyl (C=O) groups excluding carboxylic acids is 1. The maximum atomic E-state index is 11.1. The van der Waals surface area contributed by atoms with Crippen molar-refractivity contribution in [3.63, 3.8) is 0 Å². The van der Waals surface area contributed by atoms with Crippen LogP contribution in [0.15, 0.2) is 30.3 Å². The van der Waals surface area contributed by atoms with E-state index in [1.165, 1.54) is 14.0 Å². The normalized spacial score (nSPS) is 14.6. The number of carbonyl (C=O) groups is 1. The molecule has 1 rings (SSSR count). The van der Waals surface area contributed by atoms with E-state index < -0.39 is 6.29 Å². The Morgan fingerprint density at radius 3 is 2.33 bits per heavy atom. The second-order valence-electron chi connectivity index (χ2n) is 3.37. The lowest BCUT2D eigenvalue weighted by Gasteiger charge is -2.19. The third kappa shape index (κ3) is 3.46. The fourth-order valence-electron chi connectivity index (χ4n) is 1.31.